The number of halogens is 9. The monoisotopic (exact) mass is 262 g/mol. The van der Waals surface area contributed by atoms with E-state index in [0.29, 0.717) is 5.54 Å². The van der Waals surface area contributed by atoms with Crippen LogP contribution in [0.5, 0.6) is 0 Å². The number of hydrogen-bond acceptors (Lipinski definition) is 1. The zero-order valence-corrected chi connectivity index (χ0v) is 6.83. The molecule has 0 aliphatic heterocycles. The van der Waals surface area contributed by atoms with Crippen molar-refractivity contribution in [3.8, 4) is 0 Å². The molecular weight excluding hydrogens is 261 g/mol. The van der Waals surface area contributed by atoms with Gasteiger partial charge in [0.05, 0.1) is 0 Å². The molecule has 0 unspecified atom stereocenters. The van der Waals surface area contributed by atoms with Gasteiger partial charge in [0.2, 0.25) is 0 Å². The van der Waals surface area contributed by atoms with Crippen LogP contribution in [0.2, 0.25) is 0 Å². The zero-order chi connectivity index (χ0) is 13.4. The number of hydrogen-bond donors (Lipinski definition) is 0. The van der Waals surface area contributed by atoms with Gasteiger partial charge >= 0.3 is 30.1 Å². The Balaban J connectivity index is 5.42. The summed E-state index contributed by atoms with van der Waals surface area (Å²) in [6.07, 6.45) is -5.17. The lowest BCUT2D eigenvalue weighted by Crippen LogP contribution is -2.61. The number of carbonyl (C=O) groups is 1. The highest BCUT2D eigenvalue weighted by Crippen LogP contribution is 2.48. The maximum Gasteiger partial charge on any atom is 0.397 e. The van der Waals surface area contributed by atoms with Crippen molar-refractivity contribution in [1.29, 1.82) is 0 Å². The third kappa shape index (κ3) is 1.89. The Bertz CT molecular complexity index is 275. The van der Waals surface area contributed by atoms with Crippen LogP contribution in [-0.2, 0) is 4.79 Å². The van der Waals surface area contributed by atoms with Crippen LogP contribution in [0.4, 0.5) is 39.6 Å². The Labute approximate surface area is 81.3 Å². The van der Waals surface area contributed by atoms with Crippen LogP contribution in [0.15, 0.2) is 0 Å². The molecule has 16 heavy (non-hydrogen) atoms. The maximum atomic E-state index is 12.2. The van der Waals surface area contributed by atoms with Gasteiger partial charge in [0.15, 0.2) is 0 Å². The molecule has 1 amide bonds. The quantitative estimate of drug-likeness (QED) is 0.714. The van der Waals surface area contributed by atoms with Crippen LogP contribution in [0, 0.1) is 0 Å². The highest BCUT2D eigenvalue weighted by atomic mass is 19.4. The van der Waals surface area contributed by atoms with E-state index in [2.05, 4.69) is 0 Å². The topological polar surface area (TPSA) is 31.2 Å². The van der Waals surface area contributed by atoms with Gasteiger partial charge in [0, 0.05) is 0 Å². The Morgan fingerprint density at radius 3 is 1.62 bits per heavy atom. The molecule has 11 heteroatoms. The van der Waals surface area contributed by atoms with Crippen LogP contribution in [-0.4, -0.2) is 30.1 Å². The van der Waals surface area contributed by atoms with E-state index in [1.165, 1.54) is 0 Å². The van der Waals surface area contributed by atoms with E-state index < -0.39 is 30.1 Å². The van der Waals surface area contributed by atoms with E-state index in [0.717, 1.165) is 0 Å². The number of amides is 1. The molecule has 0 N–H and O–H groups in total. The summed E-state index contributed by atoms with van der Waals surface area (Å²) in [5.74, 6) is -23.2. The predicted molar refractivity (Wildman–Crippen MR) is 29.1 cm³/mol. The second kappa shape index (κ2) is 4.01. The van der Waals surface area contributed by atoms with Crippen molar-refractivity contribution in [2.75, 3.05) is 0 Å². The van der Waals surface area contributed by atoms with Crippen molar-refractivity contribution in [3.63, 3.8) is 0 Å². The molecule has 95 valence electrons. The summed E-state index contributed by atoms with van der Waals surface area (Å²) in [4.78, 5) is 9.80. The van der Waals surface area contributed by atoms with Crippen LogP contribution in [0.25, 0.3) is 0 Å². The number of rotatable bonds is 4. The summed E-state index contributed by atoms with van der Waals surface area (Å²) in [6, 6.07) is 0. The molecule has 0 aliphatic rings. The van der Waals surface area contributed by atoms with Gasteiger partial charge in [-0.15, -0.1) is 0 Å². The lowest BCUT2D eigenvalue weighted by Gasteiger charge is -2.29. The largest absolute Gasteiger partial charge is 0.397 e. The van der Waals surface area contributed by atoms with Gasteiger partial charge < -0.3 is 0 Å². The second-order valence-electron chi connectivity index (χ2n) is 2.46. The molecule has 0 spiro atoms. The summed E-state index contributed by atoms with van der Waals surface area (Å²) in [7, 11) is 0. The maximum absolute atomic E-state index is 12.2. The van der Waals surface area contributed by atoms with E-state index in [1.807, 2.05) is 0 Å². The van der Waals surface area contributed by atoms with E-state index in [9.17, 15) is 44.4 Å². The number of carbonyl (C=O) groups excluding carboxylic acids is 1. The van der Waals surface area contributed by atoms with Crippen molar-refractivity contribution in [3.05, 3.63) is 0 Å². The van der Waals surface area contributed by atoms with Crippen molar-refractivity contribution >= 4 is 5.91 Å². The minimum absolute atomic E-state index is 0.552. The summed E-state index contributed by atoms with van der Waals surface area (Å²) >= 11 is 0. The SMILES string of the molecule is O=C([N]F)C(F)(F)C(F)(F)C(F)(F)C(F)F. The van der Waals surface area contributed by atoms with Crippen molar-refractivity contribution in [2.45, 2.75) is 24.2 Å². The Morgan fingerprint density at radius 1 is 1.00 bits per heavy atom. The fourth-order valence-corrected chi connectivity index (χ4v) is 0.534. The molecule has 0 bridgehead atoms. The first kappa shape index (κ1) is 14.8. The minimum atomic E-state index is -6.76. The summed E-state index contributed by atoms with van der Waals surface area (Å²) < 4.78 is 107. The van der Waals surface area contributed by atoms with E-state index in [1.54, 1.807) is 0 Å². The standard InChI is InChI=1S/C5HF9NO/c6-1(7)3(8,9)5(12,13)4(10,11)2(16)15-14/h1H. The molecule has 0 rings (SSSR count). The molecule has 2 nitrogen and oxygen atoms in total. The van der Waals surface area contributed by atoms with Gasteiger partial charge in [-0.1, -0.05) is 4.48 Å². The lowest BCUT2D eigenvalue weighted by atomic mass is 10.0. The Morgan fingerprint density at radius 2 is 1.38 bits per heavy atom. The smallest absolute Gasteiger partial charge is 0.263 e. The highest BCUT2D eigenvalue weighted by molar-refractivity contribution is 5.83. The first-order valence-corrected chi connectivity index (χ1v) is 3.21. The van der Waals surface area contributed by atoms with Gasteiger partial charge in [0.25, 0.3) is 0 Å². The predicted octanol–water partition coefficient (Wildman–Crippen LogP) is 2.17. The van der Waals surface area contributed by atoms with Crippen molar-refractivity contribution in [1.82, 2.24) is 5.54 Å². The summed E-state index contributed by atoms with van der Waals surface area (Å²) in [5.41, 5.74) is 0.552. The number of alkyl halides is 8. The van der Waals surface area contributed by atoms with Crippen molar-refractivity contribution in [2.24, 2.45) is 0 Å². The highest BCUT2D eigenvalue weighted by Gasteiger charge is 2.78. The molecule has 0 atom stereocenters. The van der Waals surface area contributed by atoms with Crippen LogP contribution < -0.4 is 5.54 Å². The van der Waals surface area contributed by atoms with Gasteiger partial charge in [-0.25, -0.2) is 8.78 Å². The molecule has 0 aromatic rings. The van der Waals surface area contributed by atoms with Gasteiger partial charge in [-0.05, 0) is 5.54 Å². The normalized spacial score (nSPS) is 14.1. The average Bonchev–Trinajstić information content (AvgIpc) is 2.15. The third-order valence-electron chi connectivity index (χ3n) is 1.43. The number of nitrogens with zero attached hydrogens (tertiary/aromatic N) is 1. The lowest BCUT2D eigenvalue weighted by molar-refractivity contribution is -0.328. The molecule has 0 aromatic carbocycles. The second-order valence-corrected chi connectivity index (χ2v) is 2.46. The molecule has 0 heterocycles. The fraction of sp³-hybridized carbons (Fsp3) is 0.800. The summed E-state index contributed by atoms with van der Waals surface area (Å²) in [6.45, 7) is 0. The first-order valence-electron chi connectivity index (χ1n) is 3.21. The molecule has 0 saturated carbocycles. The van der Waals surface area contributed by atoms with Gasteiger partial charge in [-0.3, -0.25) is 4.79 Å². The fourth-order valence-electron chi connectivity index (χ4n) is 0.534. The average molecular weight is 262 g/mol. The molecule has 0 fully saturated rings. The van der Waals surface area contributed by atoms with Crippen molar-refractivity contribution < 1.29 is 44.4 Å². The van der Waals surface area contributed by atoms with E-state index in [-0.39, 0.29) is 0 Å². The van der Waals surface area contributed by atoms with E-state index >= 15 is 0 Å². The van der Waals surface area contributed by atoms with Gasteiger partial charge in [0.1, 0.15) is 0 Å². The van der Waals surface area contributed by atoms with Crippen LogP contribution in [0.1, 0.15) is 0 Å². The molecule has 0 saturated heterocycles. The first-order chi connectivity index (χ1) is 6.92. The Kier molecular flexibility index (Phi) is 3.72. The molecule has 1 radical (unpaired) electrons. The third-order valence-corrected chi connectivity index (χ3v) is 1.43. The van der Waals surface area contributed by atoms with Gasteiger partial charge in [-0.2, -0.15) is 26.3 Å². The Hall–Kier alpha value is -1.16. The van der Waals surface area contributed by atoms with Crippen LogP contribution >= 0.6 is 0 Å². The molecule has 0 aromatic heterocycles. The summed E-state index contributed by atoms with van der Waals surface area (Å²) in [5, 5.41) is 0. The zero-order valence-electron chi connectivity index (χ0n) is 6.83. The molecular formula is C5HF9NO. The molecule has 0 aliphatic carbocycles. The van der Waals surface area contributed by atoms with E-state index in [4.69, 9.17) is 0 Å². The minimum Gasteiger partial charge on any atom is -0.263 e. The van der Waals surface area contributed by atoms with Crippen LogP contribution in [0.3, 0.4) is 0 Å².